The van der Waals surface area contributed by atoms with Gasteiger partial charge in [-0.25, -0.2) is 0 Å². The highest BCUT2D eigenvalue weighted by Crippen LogP contribution is 2.34. The third kappa shape index (κ3) is 4.63. The van der Waals surface area contributed by atoms with Crippen molar-refractivity contribution in [1.82, 2.24) is 4.90 Å². The second-order valence-electron chi connectivity index (χ2n) is 5.70. The molecule has 0 bridgehead atoms. The Morgan fingerprint density at radius 1 is 1.24 bits per heavy atom. The van der Waals surface area contributed by atoms with Crippen molar-refractivity contribution in [3.63, 3.8) is 0 Å². The zero-order valence-electron chi connectivity index (χ0n) is 12.4. The fraction of sp³-hybridized carbons (Fsp3) is 0.625. The van der Waals surface area contributed by atoms with Gasteiger partial charge in [0.2, 0.25) is 0 Å². The number of nitrogens with zero attached hydrogens (tertiary/aromatic N) is 1. The summed E-state index contributed by atoms with van der Waals surface area (Å²) >= 11 is 0. The first-order valence-corrected chi connectivity index (χ1v) is 7.62. The molecule has 1 aliphatic heterocycles. The van der Waals surface area contributed by atoms with Crippen LogP contribution in [-0.2, 0) is 6.18 Å². The van der Waals surface area contributed by atoms with Crippen molar-refractivity contribution >= 4 is 5.69 Å². The van der Waals surface area contributed by atoms with Gasteiger partial charge in [-0.15, -0.1) is 0 Å². The van der Waals surface area contributed by atoms with Crippen LogP contribution in [0.1, 0.15) is 38.2 Å². The zero-order chi connectivity index (χ0) is 15.3. The van der Waals surface area contributed by atoms with Gasteiger partial charge in [-0.05, 0) is 44.9 Å². The van der Waals surface area contributed by atoms with Crippen molar-refractivity contribution in [2.75, 3.05) is 25.0 Å². The molecule has 0 radical (unpaired) electrons. The number of para-hydroxylation sites is 1. The first-order chi connectivity index (χ1) is 9.98. The molecule has 1 N–H and O–H groups in total. The highest BCUT2D eigenvalue weighted by atomic mass is 19.4. The van der Waals surface area contributed by atoms with Gasteiger partial charge in [-0.2, -0.15) is 13.2 Å². The number of anilines is 1. The van der Waals surface area contributed by atoms with E-state index in [0.717, 1.165) is 25.6 Å². The molecule has 1 aromatic carbocycles. The average molecular weight is 300 g/mol. The van der Waals surface area contributed by atoms with Gasteiger partial charge < -0.3 is 10.2 Å². The Morgan fingerprint density at radius 2 is 2.00 bits per heavy atom. The molecule has 118 valence electrons. The maximum atomic E-state index is 12.9. The second kappa shape index (κ2) is 7.16. The molecule has 0 aromatic heterocycles. The molecular formula is C16H23F3N2. The number of rotatable bonds is 5. The highest BCUT2D eigenvalue weighted by Gasteiger charge is 2.32. The van der Waals surface area contributed by atoms with Crippen LogP contribution in [0.4, 0.5) is 18.9 Å². The quantitative estimate of drug-likeness (QED) is 0.812. The normalized spacial score (nSPS) is 20.5. The predicted octanol–water partition coefficient (Wildman–Crippen LogP) is 4.38. The van der Waals surface area contributed by atoms with Crippen molar-refractivity contribution in [2.24, 2.45) is 0 Å². The summed E-state index contributed by atoms with van der Waals surface area (Å²) < 4.78 is 38.6. The summed E-state index contributed by atoms with van der Waals surface area (Å²) in [5.41, 5.74) is -0.409. The maximum Gasteiger partial charge on any atom is 0.418 e. The Hall–Kier alpha value is -1.23. The lowest BCUT2D eigenvalue weighted by atomic mass is 10.0. The fourth-order valence-corrected chi connectivity index (χ4v) is 2.88. The third-order valence-electron chi connectivity index (χ3n) is 4.11. The molecule has 0 spiro atoms. The van der Waals surface area contributed by atoms with Gasteiger partial charge in [0.1, 0.15) is 0 Å². The number of piperidine rings is 1. The van der Waals surface area contributed by atoms with Crippen molar-refractivity contribution in [3.8, 4) is 0 Å². The Kier molecular flexibility index (Phi) is 5.51. The molecule has 2 nitrogen and oxygen atoms in total. The highest BCUT2D eigenvalue weighted by molar-refractivity contribution is 5.52. The SMILES string of the molecule is CC1CCCCN1CCCNc1ccccc1C(F)(F)F. The minimum atomic E-state index is -4.30. The second-order valence-corrected chi connectivity index (χ2v) is 5.70. The Morgan fingerprint density at radius 3 is 2.71 bits per heavy atom. The number of benzene rings is 1. The topological polar surface area (TPSA) is 15.3 Å². The summed E-state index contributed by atoms with van der Waals surface area (Å²) in [5.74, 6) is 0. The van der Waals surface area contributed by atoms with Crippen molar-refractivity contribution in [3.05, 3.63) is 29.8 Å². The first kappa shape index (κ1) is 16.1. The summed E-state index contributed by atoms with van der Waals surface area (Å²) in [6.07, 6.45) is 0.301. The van der Waals surface area contributed by atoms with Gasteiger partial charge >= 0.3 is 6.18 Å². The summed E-state index contributed by atoms with van der Waals surface area (Å²) in [6.45, 7) is 4.85. The number of hydrogen-bond acceptors (Lipinski definition) is 2. The van der Waals surface area contributed by atoms with E-state index < -0.39 is 11.7 Å². The van der Waals surface area contributed by atoms with E-state index in [9.17, 15) is 13.2 Å². The average Bonchev–Trinajstić information content (AvgIpc) is 2.45. The molecule has 1 saturated heterocycles. The standard InChI is InChI=1S/C16H23F3N2/c1-13-7-4-5-11-21(13)12-6-10-20-15-9-3-2-8-14(15)16(17,18)19/h2-3,8-9,13,20H,4-7,10-12H2,1H3. The monoisotopic (exact) mass is 300 g/mol. The molecule has 21 heavy (non-hydrogen) atoms. The lowest BCUT2D eigenvalue weighted by Gasteiger charge is -2.33. The van der Waals surface area contributed by atoms with Crippen LogP contribution < -0.4 is 5.32 Å². The first-order valence-electron chi connectivity index (χ1n) is 7.62. The van der Waals surface area contributed by atoms with Gasteiger partial charge in [-0.3, -0.25) is 0 Å². The number of likely N-dealkylation sites (tertiary alicyclic amines) is 1. The Bertz CT molecular complexity index is 445. The molecule has 1 fully saturated rings. The van der Waals surface area contributed by atoms with Crippen LogP contribution in [0.15, 0.2) is 24.3 Å². The van der Waals surface area contributed by atoms with E-state index in [0.29, 0.717) is 12.6 Å². The molecule has 2 rings (SSSR count). The van der Waals surface area contributed by atoms with E-state index in [1.54, 1.807) is 6.07 Å². The van der Waals surface area contributed by atoms with Gasteiger partial charge in [0.25, 0.3) is 0 Å². The van der Waals surface area contributed by atoms with Crippen molar-refractivity contribution in [2.45, 2.75) is 44.8 Å². The van der Waals surface area contributed by atoms with E-state index in [1.807, 2.05) is 0 Å². The van der Waals surface area contributed by atoms with Crippen LogP contribution in [0.5, 0.6) is 0 Å². The van der Waals surface area contributed by atoms with Crippen molar-refractivity contribution in [1.29, 1.82) is 0 Å². The molecule has 1 heterocycles. The molecule has 1 atom stereocenters. The lowest BCUT2D eigenvalue weighted by molar-refractivity contribution is -0.136. The van der Waals surface area contributed by atoms with E-state index in [1.165, 1.54) is 31.4 Å². The van der Waals surface area contributed by atoms with E-state index in [4.69, 9.17) is 0 Å². The fourth-order valence-electron chi connectivity index (χ4n) is 2.88. The maximum absolute atomic E-state index is 12.9. The third-order valence-corrected chi connectivity index (χ3v) is 4.11. The number of nitrogens with one attached hydrogen (secondary N) is 1. The van der Waals surface area contributed by atoms with Gasteiger partial charge in [0.15, 0.2) is 0 Å². The number of hydrogen-bond donors (Lipinski definition) is 1. The molecule has 5 heteroatoms. The number of halogens is 3. The van der Waals surface area contributed by atoms with Gasteiger partial charge in [-0.1, -0.05) is 18.6 Å². The molecule has 1 unspecified atom stereocenters. The summed E-state index contributed by atoms with van der Waals surface area (Å²) in [6, 6.07) is 6.26. The zero-order valence-corrected chi connectivity index (χ0v) is 12.4. The summed E-state index contributed by atoms with van der Waals surface area (Å²) in [4.78, 5) is 2.43. The lowest BCUT2D eigenvalue weighted by Crippen LogP contribution is -2.38. The predicted molar refractivity (Wildman–Crippen MR) is 79.4 cm³/mol. The summed E-state index contributed by atoms with van der Waals surface area (Å²) in [5, 5.41) is 2.93. The number of alkyl halides is 3. The van der Waals surface area contributed by atoms with Crippen LogP contribution in [0, 0.1) is 0 Å². The molecule has 0 saturated carbocycles. The van der Waals surface area contributed by atoms with Crippen LogP contribution in [0.2, 0.25) is 0 Å². The van der Waals surface area contributed by atoms with Gasteiger partial charge in [0, 0.05) is 24.8 Å². The van der Waals surface area contributed by atoms with E-state index in [-0.39, 0.29) is 5.69 Å². The van der Waals surface area contributed by atoms with Crippen LogP contribution in [-0.4, -0.2) is 30.6 Å². The minimum Gasteiger partial charge on any atom is -0.385 e. The smallest absolute Gasteiger partial charge is 0.385 e. The Labute approximate surface area is 124 Å². The minimum absolute atomic E-state index is 0.177. The molecular weight excluding hydrogens is 277 g/mol. The van der Waals surface area contributed by atoms with Crippen molar-refractivity contribution < 1.29 is 13.2 Å². The molecule has 0 aliphatic carbocycles. The van der Waals surface area contributed by atoms with Crippen LogP contribution in [0.25, 0.3) is 0 Å². The largest absolute Gasteiger partial charge is 0.418 e. The van der Waals surface area contributed by atoms with Crippen LogP contribution in [0.3, 0.4) is 0 Å². The van der Waals surface area contributed by atoms with Crippen LogP contribution >= 0.6 is 0 Å². The van der Waals surface area contributed by atoms with E-state index >= 15 is 0 Å². The summed E-state index contributed by atoms with van der Waals surface area (Å²) in [7, 11) is 0. The molecule has 0 amide bonds. The molecule has 1 aromatic rings. The van der Waals surface area contributed by atoms with E-state index in [2.05, 4.69) is 17.1 Å². The Balaban J connectivity index is 1.81. The molecule has 1 aliphatic rings. The van der Waals surface area contributed by atoms with Gasteiger partial charge in [0.05, 0.1) is 5.56 Å².